The first kappa shape index (κ1) is 11.6. The minimum Gasteiger partial charge on any atom is -0.317 e. The average molecular weight is 212 g/mol. The van der Waals surface area contributed by atoms with Gasteiger partial charge >= 0.3 is 5.69 Å². The number of nitro groups is 1. The Morgan fingerprint density at radius 3 is 2.80 bits per heavy atom. The molecule has 0 aliphatic carbocycles. The van der Waals surface area contributed by atoms with E-state index in [2.05, 4.69) is 5.32 Å². The van der Waals surface area contributed by atoms with E-state index >= 15 is 0 Å². The molecule has 1 aromatic carbocycles. The maximum Gasteiger partial charge on any atom is 0.304 e. The largest absolute Gasteiger partial charge is 0.317 e. The standard InChI is InChI=1S/C10H13FN2O2/c1-2-12-6-5-8-3-4-10(13(14)15)9(11)7-8/h3-4,7,12H,2,5-6H2,1H3. The minimum atomic E-state index is -0.769. The number of nitrogens with one attached hydrogen (secondary N) is 1. The van der Waals surface area contributed by atoms with Gasteiger partial charge < -0.3 is 5.32 Å². The molecule has 82 valence electrons. The Morgan fingerprint density at radius 1 is 1.53 bits per heavy atom. The molecule has 0 aromatic heterocycles. The Kier molecular flexibility index (Phi) is 4.17. The van der Waals surface area contributed by atoms with E-state index in [1.54, 1.807) is 6.07 Å². The van der Waals surface area contributed by atoms with Crippen LogP contribution in [0.4, 0.5) is 10.1 Å². The molecule has 1 aromatic rings. The van der Waals surface area contributed by atoms with Crippen LogP contribution >= 0.6 is 0 Å². The molecule has 0 fully saturated rings. The van der Waals surface area contributed by atoms with Crippen molar-refractivity contribution in [3.8, 4) is 0 Å². The molecule has 0 saturated heterocycles. The van der Waals surface area contributed by atoms with Gasteiger partial charge in [0.25, 0.3) is 0 Å². The highest BCUT2D eigenvalue weighted by Gasteiger charge is 2.13. The van der Waals surface area contributed by atoms with Gasteiger partial charge in [-0.2, -0.15) is 4.39 Å². The summed E-state index contributed by atoms with van der Waals surface area (Å²) in [6, 6.07) is 4.00. The van der Waals surface area contributed by atoms with E-state index in [1.165, 1.54) is 12.1 Å². The zero-order valence-corrected chi connectivity index (χ0v) is 8.50. The molecule has 0 amide bonds. The van der Waals surface area contributed by atoms with E-state index in [4.69, 9.17) is 0 Å². The first-order chi connectivity index (χ1) is 7.15. The lowest BCUT2D eigenvalue weighted by molar-refractivity contribution is -0.387. The maximum atomic E-state index is 13.1. The van der Waals surface area contributed by atoms with Crippen LogP contribution in [0.2, 0.25) is 0 Å². The number of halogens is 1. The fraction of sp³-hybridized carbons (Fsp3) is 0.400. The molecule has 0 radical (unpaired) electrons. The summed E-state index contributed by atoms with van der Waals surface area (Å²) in [5, 5.41) is 13.4. The van der Waals surface area contributed by atoms with E-state index in [9.17, 15) is 14.5 Å². The van der Waals surface area contributed by atoms with E-state index < -0.39 is 16.4 Å². The Bertz CT molecular complexity index is 355. The number of nitrogens with zero attached hydrogens (tertiary/aromatic N) is 1. The Balaban J connectivity index is 2.69. The highest BCUT2D eigenvalue weighted by Crippen LogP contribution is 2.17. The Labute approximate surface area is 87.3 Å². The van der Waals surface area contributed by atoms with Gasteiger partial charge in [-0.05, 0) is 31.1 Å². The number of hydrogen-bond acceptors (Lipinski definition) is 3. The molecule has 0 spiro atoms. The van der Waals surface area contributed by atoms with Crippen molar-refractivity contribution >= 4 is 5.69 Å². The molecular formula is C10H13FN2O2. The van der Waals surface area contributed by atoms with Crippen LogP contribution in [0.25, 0.3) is 0 Å². The zero-order chi connectivity index (χ0) is 11.3. The predicted molar refractivity (Wildman–Crippen MR) is 55.3 cm³/mol. The Morgan fingerprint density at radius 2 is 2.27 bits per heavy atom. The van der Waals surface area contributed by atoms with Crippen molar-refractivity contribution in [1.29, 1.82) is 0 Å². The van der Waals surface area contributed by atoms with Crippen molar-refractivity contribution < 1.29 is 9.31 Å². The van der Waals surface area contributed by atoms with Gasteiger partial charge in [-0.15, -0.1) is 0 Å². The monoisotopic (exact) mass is 212 g/mol. The van der Waals surface area contributed by atoms with Crippen LogP contribution in [-0.2, 0) is 6.42 Å². The third-order valence-electron chi connectivity index (χ3n) is 2.05. The Hall–Kier alpha value is -1.49. The summed E-state index contributed by atoms with van der Waals surface area (Å²) in [7, 11) is 0. The molecule has 0 aliphatic rings. The van der Waals surface area contributed by atoms with Crippen LogP contribution in [0.1, 0.15) is 12.5 Å². The average Bonchev–Trinajstić information content (AvgIpc) is 2.17. The van der Waals surface area contributed by atoms with Crippen LogP contribution < -0.4 is 5.32 Å². The molecule has 1 rings (SSSR count). The lowest BCUT2D eigenvalue weighted by atomic mass is 10.1. The SMILES string of the molecule is CCNCCc1ccc([N+](=O)[O-])c(F)c1. The van der Waals surface area contributed by atoms with Crippen molar-refractivity contribution in [2.45, 2.75) is 13.3 Å². The summed E-state index contributed by atoms with van der Waals surface area (Å²) in [5.41, 5.74) is 0.293. The quantitative estimate of drug-likeness (QED) is 0.460. The van der Waals surface area contributed by atoms with E-state index in [1.807, 2.05) is 6.92 Å². The van der Waals surface area contributed by atoms with Crippen molar-refractivity contribution in [3.63, 3.8) is 0 Å². The van der Waals surface area contributed by atoms with Crippen LogP contribution in [0.15, 0.2) is 18.2 Å². The first-order valence-electron chi connectivity index (χ1n) is 4.78. The molecule has 15 heavy (non-hydrogen) atoms. The van der Waals surface area contributed by atoms with Gasteiger partial charge in [-0.1, -0.05) is 13.0 Å². The molecular weight excluding hydrogens is 199 g/mol. The van der Waals surface area contributed by atoms with E-state index in [0.29, 0.717) is 6.42 Å². The summed E-state index contributed by atoms with van der Waals surface area (Å²) in [4.78, 5) is 9.63. The number of nitro benzene ring substituents is 1. The smallest absolute Gasteiger partial charge is 0.304 e. The third kappa shape index (κ3) is 3.28. The normalized spacial score (nSPS) is 10.3. The second kappa shape index (κ2) is 5.41. The van der Waals surface area contributed by atoms with E-state index in [-0.39, 0.29) is 0 Å². The zero-order valence-electron chi connectivity index (χ0n) is 8.50. The predicted octanol–water partition coefficient (Wildman–Crippen LogP) is 1.89. The molecule has 5 heteroatoms. The van der Waals surface area contributed by atoms with Gasteiger partial charge in [-0.3, -0.25) is 10.1 Å². The molecule has 0 saturated carbocycles. The lowest BCUT2D eigenvalue weighted by Gasteiger charge is -2.02. The molecule has 1 N–H and O–H groups in total. The van der Waals surface area contributed by atoms with Gasteiger partial charge in [-0.25, -0.2) is 0 Å². The minimum absolute atomic E-state index is 0.470. The van der Waals surface area contributed by atoms with Crippen molar-refractivity contribution in [1.82, 2.24) is 5.32 Å². The lowest BCUT2D eigenvalue weighted by Crippen LogP contribution is -2.16. The van der Waals surface area contributed by atoms with Gasteiger partial charge in [0.1, 0.15) is 0 Å². The second-order valence-electron chi connectivity index (χ2n) is 3.15. The van der Waals surface area contributed by atoms with Crippen molar-refractivity contribution in [2.75, 3.05) is 13.1 Å². The second-order valence-corrected chi connectivity index (χ2v) is 3.15. The highest BCUT2D eigenvalue weighted by atomic mass is 19.1. The number of benzene rings is 1. The fourth-order valence-electron chi connectivity index (χ4n) is 1.26. The summed E-state index contributed by atoms with van der Waals surface area (Å²) in [6.07, 6.45) is 0.669. The molecule has 0 bridgehead atoms. The van der Waals surface area contributed by atoms with Crippen LogP contribution in [0.5, 0.6) is 0 Å². The summed E-state index contributed by atoms with van der Waals surface area (Å²) >= 11 is 0. The molecule has 0 atom stereocenters. The highest BCUT2D eigenvalue weighted by molar-refractivity contribution is 5.35. The van der Waals surface area contributed by atoms with Gasteiger partial charge in [0.2, 0.25) is 5.82 Å². The topological polar surface area (TPSA) is 55.2 Å². The number of rotatable bonds is 5. The van der Waals surface area contributed by atoms with Crippen molar-refractivity contribution in [2.24, 2.45) is 0 Å². The summed E-state index contributed by atoms with van der Waals surface area (Å²) in [5.74, 6) is -0.769. The summed E-state index contributed by atoms with van der Waals surface area (Å²) < 4.78 is 13.1. The van der Waals surface area contributed by atoms with Gasteiger partial charge in [0, 0.05) is 6.07 Å². The fourth-order valence-corrected chi connectivity index (χ4v) is 1.26. The van der Waals surface area contributed by atoms with Crippen LogP contribution in [0, 0.1) is 15.9 Å². The third-order valence-corrected chi connectivity index (χ3v) is 2.05. The van der Waals surface area contributed by atoms with Crippen LogP contribution in [-0.4, -0.2) is 18.0 Å². The van der Waals surface area contributed by atoms with E-state index in [0.717, 1.165) is 18.7 Å². The van der Waals surface area contributed by atoms with Gasteiger partial charge in [0.15, 0.2) is 0 Å². The number of likely N-dealkylation sites (N-methyl/N-ethyl adjacent to an activating group) is 1. The first-order valence-corrected chi connectivity index (χ1v) is 4.78. The number of hydrogen-bond donors (Lipinski definition) is 1. The molecule has 4 nitrogen and oxygen atoms in total. The molecule has 0 heterocycles. The summed E-state index contributed by atoms with van der Waals surface area (Å²) in [6.45, 7) is 3.58. The molecule has 0 aliphatic heterocycles. The molecule has 0 unspecified atom stereocenters. The van der Waals surface area contributed by atoms with Crippen LogP contribution in [0.3, 0.4) is 0 Å². The maximum absolute atomic E-state index is 13.1. The van der Waals surface area contributed by atoms with Crippen molar-refractivity contribution in [3.05, 3.63) is 39.7 Å². The van der Waals surface area contributed by atoms with Gasteiger partial charge in [0.05, 0.1) is 4.92 Å².